The minimum atomic E-state index is -1.48. The maximum Gasteiger partial charge on any atom is 0.410 e. The normalized spacial score (nSPS) is 21.2. The van der Waals surface area contributed by atoms with Crippen LogP contribution in [0, 0.1) is 11.8 Å². The lowest BCUT2D eigenvalue weighted by molar-refractivity contribution is 0.0789. The summed E-state index contributed by atoms with van der Waals surface area (Å²) in [5, 5.41) is 0. The minimum Gasteiger partial charge on any atom is -0.450 e. The van der Waals surface area contributed by atoms with E-state index in [0.717, 1.165) is 18.9 Å². The number of carbonyl (C=O) groups excluding carboxylic acids is 1. The van der Waals surface area contributed by atoms with Gasteiger partial charge in [0.15, 0.2) is 0 Å². The molecule has 1 heterocycles. The second-order valence-electron chi connectivity index (χ2n) is 12.2. The van der Waals surface area contributed by atoms with E-state index in [1.54, 1.807) is 0 Å². The zero-order chi connectivity index (χ0) is 23.5. The van der Waals surface area contributed by atoms with Crippen molar-refractivity contribution in [1.82, 2.24) is 4.90 Å². The van der Waals surface area contributed by atoms with Crippen LogP contribution in [0.3, 0.4) is 0 Å². The summed E-state index contributed by atoms with van der Waals surface area (Å²) in [5.74, 6) is 0.468. The van der Waals surface area contributed by atoms with Crippen LogP contribution in [0.2, 0.25) is 58.9 Å². The average Bonchev–Trinajstić information content (AvgIpc) is 3.00. The number of rotatable bonds is 10. The van der Waals surface area contributed by atoms with E-state index in [1.807, 2.05) is 11.8 Å². The third-order valence-corrected chi connectivity index (χ3v) is 95.7. The second kappa shape index (κ2) is 10.6. The largest absolute Gasteiger partial charge is 0.450 e. The molecule has 0 N–H and O–H groups in total. The molecule has 30 heavy (non-hydrogen) atoms. The Balaban J connectivity index is 3.16. The second-order valence-corrected chi connectivity index (χ2v) is 58.5. The van der Waals surface area contributed by atoms with Crippen LogP contribution < -0.4 is 0 Å². The van der Waals surface area contributed by atoms with Gasteiger partial charge in [-0.15, -0.1) is 0 Å². The molecule has 1 fully saturated rings. The predicted octanol–water partition coefficient (Wildman–Crippen LogP) is 6.04. The maximum absolute atomic E-state index is 12.9. The lowest BCUT2D eigenvalue weighted by atomic mass is 9.90. The molecule has 0 aliphatic carbocycles. The Bertz CT molecular complexity index is 534. The summed E-state index contributed by atoms with van der Waals surface area (Å²) < 4.78 is 11.3. The van der Waals surface area contributed by atoms with Crippen molar-refractivity contribution in [2.75, 3.05) is 32.1 Å². The van der Waals surface area contributed by atoms with E-state index in [1.165, 1.54) is 0 Å². The molecule has 0 unspecified atom stereocenters. The number of amides is 1. The third kappa shape index (κ3) is 6.06. The van der Waals surface area contributed by atoms with Gasteiger partial charge in [-0.1, -0.05) is 72.8 Å². The number of ether oxygens (including phenoxy) is 2. The molecule has 0 saturated carbocycles. The molecule has 0 bridgehead atoms. The van der Waals surface area contributed by atoms with E-state index >= 15 is 0 Å². The lowest BCUT2D eigenvalue weighted by Gasteiger charge is -2.56. The van der Waals surface area contributed by atoms with Crippen molar-refractivity contribution in [1.29, 1.82) is 0 Å². The number of hydrogen-bond donors (Lipinski definition) is 0. The van der Waals surface area contributed by atoms with E-state index in [0.29, 0.717) is 25.0 Å². The highest BCUT2D eigenvalue weighted by molar-refractivity contribution is 8.50. The zero-order valence-corrected chi connectivity index (χ0v) is 26.7. The van der Waals surface area contributed by atoms with Gasteiger partial charge in [0.05, 0.1) is 31.6 Å². The van der Waals surface area contributed by atoms with Crippen LogP contribution in [0.25, 0.3) is 0 Å². The third-order valence-electron chi connectivity index (χ3n) is 6.67. The van der Waals surface area contributed by atoms with E-state index in [2.05, 4.69) is 84.0 Å². The molecule has 4 nitrogen and oxygen atoms in total. The highest BCUT2D eigenvalue weighted by Crippen LogP contribution is 2.45. The standard InChI is InChI=1S/C21H49NO3SSi4/c1-13-25-21(23)22(20-17-24-16-19(20)18(2)3)14-15-26-30(27(4,5)6,28(7,8)9)29(10,11)12/h18-20H,13-17H2,1-12H3/t19-,20-/m1/s1. The SMILES string of the molecule is CCOC(=O)N(CCS[Si]([Si](C)(C)C)([Si](C)(C)C)[Si](C)(C)C)[C@@H]1COC[C@@H]1C(C)C. The Morgan fingerprint density at radius 3 is 1.90 bits per heavy atom. The molecule has 1 amide bonds. The molecule has 1 rings (SSSR count). The van der Waals surface area contributed by atoms with Crippen molar-refractivity contribution >= 4 is 45.9 Å². The fraction of sp³-hybridized carbons (Fsp3) is 0.952. The molecule has 2 atom stereocenters. The summed E-state index contributed by atoms with van der Waals surface area (Å²) in [5.41, 5.74) is 0. The summed E-state index contributed by atoms with van der Waals surface area (Å²) in [6, 6.07) is 0.145. The summed E-state index contributed by atoms with van der Waals surface area (Å²) in [6.45, 7) is 32.7. The van der Waals surface area contributed by atoms with E-state index < -0.39 is 28.6 Å². The Hall–Kier alpha value is 0.448. The number of carbonyl (C=O) groups is 1. The summed E-state index contributed by atoms with van der Waals surface area (Å²) >= 11 is 2.36. The van der Waals surface area contributed by atoms with E-state index in [-0.39, 0.29) is 12.1 Å². The van der Waals surface area contributed by atoms with Crippen molar-refractivity contribution in [3.05, 3.63) is 0 Å². The highest BCUT2D eigenvalue weighted by atomic mass is 32.4. The van der Waals surface area contributed by atoms with Crippen LogP contribution in [0.4, 0.5) is 4.79 Å². The van der Waals surface area contributed by atoms with Gasteiger partial charge in [0.25, 0.3) is 0 Å². The first kappa shape index (κ1) is 28.5. The number of nitrogens with zero attached hydrogens (tertiary/aromatic N) is 1. The molecule has 0 aromatic carbocycles. The molecule has 1 aliphatic rings. The predicted molar refractivity (Wildman–Crippen MR) is 145 cm³/mol. The van der Waals surface area contributed by atoms with Gasteiger partial charge in [-0.3, -0.25) is 0 Å². The van der Waals surface area contributed by atoms with Gasteiger partial charge in [-0.2, -0.15) is 11.2 Å². The summed E-state index contributed by atoms with van der Waals surface area (Å²) in [4.78, 5) is 14.9. The fourth-order valence-corrected chi connectivity index (χ4v) is 116. The van der Waals surface area contributed by atoms with Gasteiger partial charge in [-0.25, -0.2) is 4.79 Å². The molecule has 0 aromatic rings. The van der Waals surface area contributed by atoms with Gasteiger partial charge >= 0.3 is 6.09 Å². The lowest BCUT2D eigenvalue weighted by Crippen LogP contribution is -2.81. The molecule has 1 aliphatic heterocycles. The fourth-order valence-electron chi connectivity index (χ4n) is 6.44. The quantitative estimate of drug-likeness (QED) is 0.338. The van der Waals surface area contributed by atoms with Crippen LogP contribution in [0.15, 0.2) is 0 Å². The first-order valence-corrected chi connectivity index (χ1v) is 28.9. The zero-order valence-electron chi connectivity index (χ0n) is 21.8. The van der Waals surface area contributed by atoms with Crippen molar-refractivity contribution in [3.8, 4) is 0 Å². The Labute approximate surface area is 194 Å². The van der Waals surface area contributed by atoms with E-state index in [4.69, 9.17) is 9.47 Å². The Kier molecular flexibility index (Phi) is 10.0. The highest BCUT2D eigenvalue weighted by Gasteiger charge is 2.62. The Morgan fingerprint density at radius 2 is 1.50 bits per heavy atom. The van der Waals surface area contributed by atoms with Crippen LogP contribution >= 0.6 is 11.2 Å². The van der Waals surface area contributed by atoms with Crippen molar-refractivity contribution in [3.63, 3.8) is 0 Å². The van der Waals surface area contributed by atoms with Crippen molar-refractivity contribution < 1.29 is 14.3 Å². The monoisotopic (exact) mass is 507 g/mol. The van der Waals surface area contributed by atoms with Gasteiger partial charge in [0.1, 0.15) is 0 Å². The summed E-state index contributed by atoms with van der Waals surface area (Å²) in [7, 11) is -3.96. The molecular weight excluding hydrogens is 459 g/mol. The van der Waals surface area contributed by atoms with Gasteiger partial charge in [-0.05, 0) is 12.8 Å². The van der Waals surface area contributed by atoms with Crippen molar-refractivity contribution in [2.24, 2.45) is 11.8 Å². The van der Waals surface area contributed by atoms with Gasteiger partial charge < -0.3 is 14.4 Å². The average molecular weight is 508 g/mol. The van der Waals surface area contributed by atoms with Crippen molar-refractivity contribution in [2.45, 2.75) is 85.7 Å². The van der Waals surface area contributed by atoms with Crippen LogP contribution in [0.1, 0.15) is 20.8 Å². The van der Waals surface area contributed by atoms with Crippen LogP contribution in [-0.4, -0.2) is 77.7 Å². The molecule has 9 heteroatoms. The van der Waals surface area contributed by atoms with E-state index in [9.17, 15) is 4.79 Å². The molecule has 0 aromatic heterocycles. The molecule has 0 spiro atoms. The first-order chi connectivity index (χ1) is 13.5. The van der Waals surface area contributed by atoms with Crippen LogP contribution in [0.5, 0.6) is 0 Å². The maximum atomic E-state index is 12.9. The Morgan fingerprint density at radius 1 is 1.00 bits per heavy atom. The number of hydrogen-bond acceptors (Lipinski definition) is 4. The molecule has 0 radical (unpaired) electrons. The topological polar surface area (TPSA) is 38.8 Å². The van der Waals surface area contributed by atoms with Crippen LogP contribution in [-0.2, 0) is 9.47 Å². The molecular formula is C21H49NO3SSi4. The van der Waals surface area contributed by atoms with Gasteiger partial charge in [0.2, 0.25) is 0 Å². The molecule has 178 valence electrons. The molecule has 1 saturated heterocycles. The minimum absolute atomic E-state index is 0.145. The smallest absolute Gasteiger partial charge is 0.410 e. The first-order valence-electron chi connectivity index (χ1n) is 11.7. The summed E-state index contributed by atoms with van der Waals surface area (Å²) in [6.07, 6.45) is -0.152. The van der Waals surface area contributed by atoms with Gasteiger partial charge in [0, 0.05) is 41.0 Å².